The number of rotatable bonds is 4. The zero-order valence-electron chi connectivity index (χ0n) is 18.2. The summed E-state index contributed by atoms with van der Waals surface area (Å²) in [6, 6.07) is 15.0. The van der Waals surface area contributed by atoms with Crippen molar-refractivity contribution < 1.29 is 28.6 Å². The number of hydrogen-bond acceptors (Lipinski definition) is 5. The van der Waals surface area contributed by atoms with Crippen LogP contribution in [-0.4, -0.2) is 28.9 Å². The average molecular weight is 422 g/mol. The topological polar surface area (TPSA) is 98.9 Å². The number of nitrogens with two attached hydrogens (primary N) is 1. The summed E-state index contributed by atoms with van der Waals surface area (Å²) in [6.07, 6.45) is 0.466. The van der Waals surface area contributed by atoms with Crippen molar-refractivity contribution in [3.63, 3.8) is 0 Å². The monoisotopic (exact) mass is 421 g/mol. The number of carbonyl (C=O) groups excluding carboxylic acids is 2. The van der Waals surface area contributed by atoms with Crippen LogP contribution in [0.3, 0.4) is 0 Å². The van der Waals surface area contributed by atoms with Gasteiger partial charge in [-0.2, -0.15) is 0 Å². The molecule has 0 spiro atoms. The van der Waals surface area contributed by atoms with Gasteiger partial charge in [0.2, 0.25) is 0 Å². The number of ether oxygens (including phenoxy) is 2. The molecule has 0 radical (unpaired) electrons. The second-order valence-electron chi connectivity index (χ2n) is 7.35. The summed E-state index contributed by atoms with van der Waals surface area (Å²) in [4.78, 5) is 21.0. The van der Waals surface area contributed by atoms with Crippen LogP contribution in [0.5, 0.6) is 5.75 Å². The highest BCUT2D eigenvalue weighted by Gasteiger charge is 2.12. The van der Waals surface area contributed by atoms with Crippen molar-refractivity contribution in [1.29, 1.82) is 0 Å². The zero-order chi connectivity index (χ0) is 23.2. The second-order valence-corrected chi connectivity index (χ2v) is 7.35. The second kappa shape index (κ2) is 14.0. The molecule has 6 nitrogen and oxygen atoms in total. The third-order valence-corrected chi connectivity index (χ3v) is 3.22. The molecular formula is C23H32FNO5. The maximum absolute atomic E-state index is 12.0. The van der Waals surface area contributed by atoms with Gasteiger partial charge < -0.3 is 20.3 Å². The summed E-state index contributed by atoms with van der Waals surface area (Å²) in [7, 11) is 0. The molecule has 1 amide bonds. The molecule has 0 aromatic heterocycles. The van der Waals surface area contributed by atoms with E-state index < -0.39 is 11.7 Å². The number of halogens is 1. The van der Waals surface area contributed by atoms with Crippen LogP contribution in [0.25, 0.3) is 0 Å². The molecule has 0 fully saturated rings. The summed E-state index contributed by atoms with van der Waals surface area (Å²) in [5, 5.41) is 8.59. The minimum absolute atomic E-state index is 0.0372. The van der Waals surface area contributed by atoms with Gasteiger partial charge >= 0.3 is 12.1 Å². The molecule has 2 aromatic carbocycles. The number of amides is 1. The SMILES string of the molecule is CC(C)(C)OC(N)=O.CCC(=O)OC(C)Cc1ccccc1.Oc1ccc(F)cc1. The maximum Gasteiger partial charge on any atom is 0.405 e. The Kier molecular flexibility index (Phi) is 12.5. The van der Waals surface area contributed by atoms with Gasteiger partial charge in [-0.25, -0.2) is 9.18 Å². The quantitative estimate of drug-likeness (QED) is 0.678. The highest BCUT2D eigenvalue weighted by atomic mass is 19.1. The molecule has 0 aliphatic rings. The van der Waals surface area contributed by atoms with E-state index in [2.05, 4.69) is 4.74 Å². The van der Waals surface area contributed by atoms with E-state index in [1.165, 1.54) is 29.8 Å². The minimum atomic E-state index is -0.725. The first-order chi connectivity index (χ1) is 13.9. The Balaban J connectivity index is 0.000000451. The lowest BCUT2D eigenvalue weighted by atomic mass is 10.1. The van der Waals surface area contributed by atoms with Crippen molar-refractivity contribution in [3.8, 4) is 5.75 Å². The number of hydrogen-bond donors (Lipinski definition) is 2. The summed E-state index contributed by atoms with van der Waals surface area (Å²) >= 11 is 0. The highest BCUT2D eigenvalue weighted by molar-refractivity contribution is 5.69. The number of primary amides is 1. The van der Waals surface area contributed by atoms with Crippen LogP contribution in [0.15, 0.2) is 54.6 Å². The molecule has 0 saturated carbocycles. The van der Waals surface area contributed by atoms with Crippen molar-refractivity contribution >= 4 is 12.1 Å². The fourth-order valence-corrected chi connectivity index (χ4v) is 2.04. The molecule has 2 aromatic rings. The van der Waals surface area contributed by atoms with Gasteiger partial charge in [-0.3, -0.25) is 4.79 Å². The number of phenols is 1. The third-order valence-electron chi connectivity index (χ3n) is 3.22. The van der Waals surface area contributed by atoms with Crippen LogP contribution in [0.4, 0.5) is 9.18 Å². The predicted molar refractivity (Wildman–Crippen MR) is 114 cm³/mol. The maximum atomic E-state index is 12.0. The van der Waals surface area contributed by atoms with Gasteiger partial charge in [-0.1, -0.05) is 37.3 Å². The van der Waals surface area contributed by atoms with E-state index in [0.29, 0.717) is 6.42 Å². The molecule has 7 heteroatoms. The van der Waals surface area contributed by atoms with E-state index >= 15 is 0 Å². The Bertz CT molecular complexity index is 721. The molecule has 3 N–H and O–H groups in total. The van der Waals surface area contributed by atoms with Crippen LogP contribution in [0, 0.1) is 5.82 Å². The fourth-order valence-electron chi connectivity index (χ4n) is 2.04. The molecule has 166 valence electrons. The lowest BCUT2D eigenvalue weighted by molar-refractivity contribution is -0.147. The third kappa shape index (κ3) is 15.9. The van der Waals surface area contributed by atoms with Gasteiger partial charge in [0, 0.05) is 12.8 Å². The van der Waals surface area contributed by atoms with Gasteiger partial charge in [0.1, 0.15) is 23.3 Å². The lowest BCUT2D eigenvalue weighted by Crippen LogP contribution is -2.27. The van der Waals surface area contributed by atoms with Crippen LogP contribution in [-0.2, 0) is 20.7 Å². The standard InChI is InChI=1S/C12H16O2.C6H5FO.C5H11NO2/c1-3-12(13)14-10(2)9-11-7-5-4-6-8-11;7-5-1-3-6(8)4-2-5;1-5(2,3)8-4(6)7/h4-8,10H,3,9H2,1-2H3;1-4,8H;1-3H3,(H2,6,7). The summed E-state index contributed by atoms with van der Waals surface area (Å²) in [5.74, 6) is -0.373. The number of carbonyl (C=O) groups is 2. The molecular weight excluding hydrogens is 389 g/mol. The van der Waals surface area contributed by atoms with Crippen LogP contribution in [0.1, 0.15) is 46.6 Å². The summed E-state index contributed by atoms with van der Waals surface area (Å²) in [6.45, 7) is 9.01. The van der Waals surface area contributed by atoms with E-state index in [0.717, 1.165) is 6.42 Å². The van der Waals surface area contributed by atoms with Crippen molar-refractivity contribution in [3.05, 3.63) is 66.0 Å². The van der Waals surface area contributed by atoms with Gasteiger partial charge in [0.15, 0.2) is 0 Å². The first kappa shape index (κ1) is 26.9. The van der Waals surface area contributed by atoms with Gasteiger partial charge in [0.05, 0.1) is 0 Å². The fraction of sp³-hybridized carbons (Fsp3) is 0.391. The van der Waals surface area contributed by atoms with Gasteiger partial charge in [-0.05, 0) is 57.5 Å². The largest absolute Gasteiger partial charge is 0.508 e. The number of phenolic OH excluding ortho intramolecular Hbond substituents is 1. The first-order valence-corrected chi connectivity index (χ1v) is 9.59. The zero-order valence-corrected chi connectivity index (χ0v) is 18.2. The summed E-state index contributed by atoms with van der Waals surface area (Å²) in [5.41, 5.74) is 5.46. The molecule has 0 heterocycles. The Morgan fingerprint density at radius 3 is 1.97 bits per heavy atom. The predicted octanol–water partition coefficient (Wildman–Crippen LogP) is 4.98. The lowest BCUT2D eigenvalue weighted by Gasteiger charge is -2.16. The highest BCUT2D eigenvalue weighted by Crippen LogP contribution is 2.07. The van der Waals surface area contributed by atoms with E-state index in [4.69, 9.17) is 15.6 Å². The molecule has 30 heavy (non-hydrogen) atoms. The Morgan fingerprint density at radius 1 is 1.07 bits per heavy atom. The number of benzene rings is 2. The number of aromatic hydroxyl groups is 1. The van der Waals surface area contributed by atoms with E-state index in [9.17, 15) is 14.0 Å². The first-order valence-electron chi connectivity index (χ1n) is 9.59. The van der Waals surface area contributed by atoms with Gasteiger partial charge in [-0.15, -0.1) is 0 Å². The van der Waals surface area contributed by atoms with Crippen LogP contribution < -0.4 is 5.73 Å². The molecule has 1 unspecified atom stereocenters. The Morgan fingerprint density at radius 2 is 1.60 bits per heavy atom. The minimum Gasteiger partial charge on any atom is -0.508 e. The van der Waals surface area contributed by atoms with E-state index in [1.54, 1.807) is 27.7 Å². The summed E-state index contributed by atoms with van der Waals surface area (Å²) < 4.78 is 21.7. The van der Waals surface area contributed by atoms with Crippen molar-refractivity contribution in [2.45, 2.75) is 59.2 Å². The van der Waals surface area contributed by atoms with Crippen molar-refractivity contribution in [2.75, 3.05) is 0 Å². The Hall–Kier alpha value is -3.09. The Labute approximate surface area is 177 Å². The smallest absolute Gasteiger partial charge is 0.405 e. The molecule has 0 aliphatic heterocycles. The van der Waals surface area contributed by atoms with Crippen molar-refractivity contribution in [2.24, 2.45) is 5.73 Å². The van der Waals surface area contributed by atoms with Crippen LogP contribution in [0.2, 0.25) is 0 Å². The molecule has 2 rings (SSSR count). The van der Waals surface area contributed by atoms with E-state index in [1.807, 2.05) is 37.3 Å². The van der Waals surface area contributed by atoms with Crippen LogP contribution >= 0.6 is 0 Å². The molecule has 1 atom stereocenters. The van der Waals surface area contributed by atoms with Crippen molar-refractivity contribution in [1.82, 2.24) is 0 Å². The molecule has 0 saturated heterocycles. The number of esters is 1. The molecule has 0 aliphatic carbocycles. The van der Waals surface area contributed by atoms with E-state index in [-0.39, 0.29) is 23.6 Å². The van der Waals surface area contributed by atoms with Gasteiger partial charge in [0.25, 0.3) is 0 Å². The molecule has 0 bridgehead atoms. The normalized spacial score (nSPS) is 11.0. The average Bonchev–Trinajstić information content (AvgIpc) is 2.64.